The minimum Gasteiger partial charge on any atom is -0.321 e. The highest BCUT2D eigenvalue weighted by molar-refractivity contribution is 6.11. The number of fused-ring (bicyclic) bond motifs is 2. The summed E-state index contributed by atoms with van der Waals surface area (Å²) >= 11 is 0. The van der Waals surface area contributed by atoms with Crippen molar-refractivity contribution in [2.45, 2.75) is 6.92 Å². The first-order valence-corrected chi connectivity index (χ1v) is 9.26. The lowest BCUT2D eigenvalue weighted by Crippen LogP contribution is -2.12. The summed E-state index contributed by atoms with van der Waals surface area (Å²) in [5.41, 5.74) is 5.45. The van der Waals surface area contributed by atoms with Crippen LogP contribution in [0.1, 0.15) is 15.9 Å². The first kappa shape index (κ1) is 17.1. The van der Waals surface area contributed by atoms with Crippen molar-refractivity contribution in [3.8, 4) is 11.3 Å². The highest BCUT2D eigenvalue weighted by Gasteiger charge is 2.17. The maximum absolute atomic E-state index is 13.0. The third-order valence-electron chi connectivity index (χ3n) is 4.94. The van der Waals surface area contributed by atoms with Crippen LogP contribution in [0.3, 0.4) is 0 Å². The molecule has 29 heavy (non-hydrogen) atoms. The lowest BCUT2D eigenvalue weighted by Gasteiger charge is -2.09. The zero-order valence-corrected chi connectivity index (χ0v) is 15.7. The Hall–Kier alpha value is -4.06. The fraction of sp³-hybridized carbons (Fsp3) is 0.0435. The van der Waals surface area contributed by atoms with E-state index >= 15 is 0 Å². The molecule has 0 spiro atoms. The standard InChI is InChI=1S/C23H17N5O/c1-15-9-10-19(17-8-5-12-24-21(15)17)27-23(29)18-14-26-28-20(11-13-25-22(18)28)16-6-3-2-4-7-16/h2-14H,1H3,(H,27,29). The lowest BCUT2D eigenvalue weighted by molar-refractivity contribution is 0.102. The van der Waals surface area contributed by atoms with Crippen LogP contribution < -0.4 is 5.32 Å². The van der Waals surface area contributed by atoms with E-state index < -0.39 is 0 Å². The normalized spacial score (nSPS) is 11.1. The molecule has 140 valence electrons. The Morgan fingerprint density at radius 3 is 2.66 bits per heavy atom. The van der Waals surface area contributed by atoms with Crippen molar-refractivity contribution in [1.82, 2.24) is 19.6 Å². The van der Waals surface area contributed by atoms with Crippen molar-refractivity contribution in [3.63, 3.8) is 0 Å². The van der Waals surface area contributed by atoms with E-state index in [0.29, 0.717) is 16.9 Å². The number of aryl methyl sites for hydroxylation is 1. The number of hydrogen-bond acceptors (Lipinski definition) is 4. The predicted molar refractivity (Wildman–Crippen MR) is 113 cm³/mol. The molecule has 6 nitrogen and oxygen atoms in total. The van der Waals surface area contributed by atoms with Gasteiger partial charge in [0.15, 0.2) is 5.65 Å². The third kappa shape index (κ3) is 2.91. The van der Waals surface area contributed by atoms with Crippen LogP contribution in [0.25, 0.3) is 27.8 Å². The van der Waals surface area contributed by atoms with E-state index in [0.717, 1.165) is 27.7 Å². The first-order valence-electron chi connectivity index (χ1n) is 9.26. The Balaban J connectivity index is 1.56. The van der Waals surface area contributed by atoms with E-state index in [1.54, 1.807) is 23.1 Å². The molecule has 0 unspecified atom stereocenters. The molecule has 0 aliphatic heterocycles. The monoisotopic (exact) mass is 379 g/mol. The molecule has 5 rings (SSSR count). The maximum Gasteiger partial charge on any atom is 0.261 e. The van der Waals surface area contributed by atoms with Gasteiger partial charge in [-0.05, 0) is 36.8 Å². The molecular formula is C23H17N5O. The van der Waals surface area contributed by atoms with E-state index in [2.05, 4.69) is 20.4 Å². The Kier molecular flexibility index (Phi) is 4.02. The maximum atomic E-state index is 13.0. The number of rotatable bonds is 3. The summed E-state index contributed by atoms with van der Waals surface area (Å²) in [6.07, 6.45) is 5.00. The van der Waals surface area contributed by atoms with Crippen LogP contribution in [0.4, 0.5) is 5.69 Å². The molecule has 0 aliphatic carbocycles. The summed E-state index contributed by atoms with van der Waals surface area (Å²) in [6, 6.07) is 19.4. The van der Waals surface area contributed by atoms with E-state index in [1.807, 2.05) is 67.6 Å². The Morgan fingerprint density at radius 1 is 0.931 bits per heavy atom. The summed E-state index contributed by atoms with van der Waals surface area (Å²) in [4.78, 5) is 21.9. The average Bonchev–Trinajstić information content (AvgIpc) is 3.21. The highest BCUT2D eigenvalue weighted by atomic mass is 16.1. The number of benzene rings is 2. The smallest absolute Gasteiger partial charge is 0.261 e. The fourth-order valence-corrected chi connectivity index (χ4v) is 3.49. The molecule has 0 radical (unpaired) electrons. The molecule has 1 amide bonds. The van der Waals surface area contributed by atoms with Crippen molar-refractivity contribution in [2.75, 3.05) is 5.32 Å². The third-order valence-corrected chi connectivity index (χ3v) is 4.94. The Bertz CT molecular complexity index is 1360. The summed E-state index contributed by atoms with van der Waals surface area (Å²) in [6.45, 7) is 2.00. The Morgan fingerprint density at radius 2 is 1.79 bits per heavy atom. The van der Waals surface area contributed by atoms with Gasteiger partial charge in [-0.25, -0.2) is 9.50 Å². The summed E-state index contributed by atoms with van der Waals surface area (Å²) in [7, 11) is 0. The topological polar surface area (TPSA) is 72.2 Å². The van der Waals surface area contributed by atoms with E-state index in [9.17, 15) is 4.79 Å². The van der Waals surface area contributed by atoms with Crippen LogP contribution in [-0.4, -0.2) is 25.5 Å². The van der Waals surface area contributed by atoms with E-state index in [1.165, 1.54) is 0 Å². The van der Waals surface area contributed by atoms with Gasteiger partial charge in [-0.15, -0.1) is 0 Å². The molecular weight excluding hydrogens is 362 g/mol. The molecule has 0 atom stereocenters. The van der Waals surface area contributed by atoms with Crippen LogP contribution >= 0.6 is 0 Å². The minimum absolute atomic E-state index is 0.258. The number of carbonyl (C=O) groups is 1. The van der Waals surface area contributed by atoms with Crippen molar-refractivity contribution < 1.29 is 4.79 Å². The van der Waals surface area contributed by atoms with Gasteiger partial charge in [0.25, 0.3) is 5.91 Å². The van der Waals surface area contributed by atoms with Gasteiger partial charge in [0.05, 0.1) is 23.1 Å². The van der Waals surface area contributed by atoms with Gasteiger partial charge in [0.2, 0.25) is 0 Å². The molecule has 2 aromatic carbocycles. The summed E-state index contributed by atoms with van der Waals surface area (Å²) in [5.74, 6) is -0.258. The van der Waals surface area contributed by atoms with Gasteiger partial charge >= 0.3 is 0 Å². The molecule has 6 heteroatoms. The van der Waals surface area contributed by atoms with Gasteiger partial charge in [0.1, 0.15) is 5.56 Å². The van der Waals surface area contributed by atoms with Crippen LogP contribution in [0.15, 0.2) is 79.3 Å². The number of hydrogen-bond donors (Lipinski definition) is 1. The molecule has 0 saturated carbocycles. The number of amides is 1. The second-order valence-electron chi connectivity index (χ2n) is 6.77. The zero-order chi connectivity index (χ0) is 19.8. The number of carbonyl (C=O) groups excluding carboxylic acids is 1. The van der Waals surface area contributed by atoms with Crippen LogP contribution in [-0.2, 0) is 0 Å². The average molecular weight is 379 g/mol. The molecule has 3 heterocycles. The van der Waals surface area contributed by atoms with Gasteiger partial charge < -0.3 is 5.32 Å². The number of pyridine rings is 1. The highest BCUT2D eigenvalue weighted by Crippen LogP contribution is 2.26. The number of aromatic nitrogens is 4. The second kappa shape index (κ2) is 6.83. The van der Waals surface area contributed by atoms with E-state index in [4.69, 9.17) is 0 Å². The second-order valence-corrected chi connectivity index (χ2v) is 6.77. The van der Waals surface area contributed by atoms with Crippen LogP contribution in [0, 0.1) is 6.92 Å². The number of nitrogens with zero attached hydrogens (tertiary/aromatic N) is 4. The Labute approximate surface area is 166 Å². The zero-order valence-electron chi connectivity index (χ0n) is 15.7. The largest absolute Gasteiger partial charge is 0.321 e. The number of anilines is 1. The molecule has 5 aromatic rings. The molecule has 0 saturated heterocycles. The SMILES string of the molecule is Cc1ccc(NC(=O)c2cnn3c(-c4ccccc4)ccnc23)c2cccnc12. The molecule has 0 bridgehead atoms. The first-order chi connectivity index (χ1) is 14.2. The van der Waals surface area contributed by atoms with Crippen molar-refractivity contribution in [1.29, 1.82) is 0 Å². The van der Waals surface area contributed by atoms with Crippen molar-refractivity contribution in [3.05, 3.63) is 90.4 Å². The van der Waals surface area contributed by atoms with Gasteiger partial charge in [-0.3, -0.25) is 9.78 Å². The molecule has 3 aromatic heterocycles. The summed E-state index contributed by atoms with van der Waals surface area (Å²) < 4.78 is 1.69. The molecule has 0 fully saturated rings. The van der Waals surface area contributed by atoms with Crippen molar-refractivity contribution >= 4 is 28.1 Å². The van der Waals surface area contributed by atoms with Gasteiger partial charge in [-0.1, -0.05) is 36.4 Å². The minimum atomic E-state index is -0.258. The van der Waals surface area contributed by atoms with Crippen LogP contribution in [0.2, 0.25) is 0 Å². The molecule has 0 aliphatic rings. The lowest BCUT2D eigenvalue weighted by atomic mass is 10.1. The number of nitrogens with one attached hydrogen (secondary N) is 1. The van der Waals surface area contributed by atoms with Gasteiger partial charge in [-0.2, -0.15) is 5.10 Å². The molecule has 1 N–H and O–H groups in total. The predicted octanol–water partition coefficient (Wildman–Crippen LogP) is 4.51. The summed E-state index contributed by atoms with van der Waals surface area (Å²) in [5, 5.41) is 8.31. The van der Waals surface area contributed by atoms with Gasteiger partial charge in [0, 0.05) is 23.3 Å². The van der Waals surface area contributed by atoms with E-state index in [-0.39, 0.29) is 5.91 Å². The fourth-order valence-electron chi connectivity index (χ4n) is 3.49. The van der Waals surface area contributed by atoms with Crippen LogP contribution in [0.5, 0.6) is 0 Å². The van der Waals surface area contributed by atoms with Crippen molar-refractivity contribution in [2.24, 2.45) is 0 Å². The quantitative estimate of drug-likeness (QED) is 0.501.